The van der Waals surface area contributed by atoms with Gasteiger partial charge in [0.25, 0.3) is 11.8 Å². The highest BCUT2D eigenvalue weighted by Crippen LogP contribution is 2.23. The summed E-state index contributed by atoms with van der Waals surface area (Å²) in [7, 11) is 1.37. The second-order valence-corrected chi connectivity index (χ2v) is 5.98. The highest BCUT2D eigenvalue weighted by molar-refractivity contribution is 6.07. The molecule has 0 bridgehead atoms. The minimum Gasteiger partial charge on any atom is -0.351 e. The van der Waals surface area contributed by atoms with E-state index >= 15 is 0 Å². The number of likely N-dealkylation sites (N-methyl/N-ethyl adjacent to an activating group) is 1. The number of carbonyl (C=O) groups excluding carboxylic acids is 3. The van der Waals surface area contributed by atoms with E-state index < -0.39 is 17.8 Å². The Morgan fingerprint density at radius 1 is 1.04 bits per heavy atom. The average Bonchev–Trinajstić information content (AvgIpc) is 2.71. The maximum Gasteiger partial charge on any atom is 0.314 e. The van der Waals surface area contributed by atoms with Gasteiger partial charge in [0, 0.05) is 18.6 Å². The number of fused-ring (bicyclic) bond motifs is 1. The van der Waals surface area contributed by atoms with Gasteiger partial charge in [0.1, 0.15) is 6.54 Å². The number of hydrogen-bond donors (Lipinski definition) is 3. The maximum atomic E-state index is 12.7. The first kappa shape index (κ1) is 18.8. The highest BCUT2D eigenvalue weighted by atomic mass is 16.2. The lowest BCUT2D eigenvalue weighted by Crippen LogP contribution is -2.47. The van der Waals surface area contributed by atoms with E-state index in [4.69, 9.17) is 5.73 Å². The molecule has 9 heteroatoms. The minimum absolute atomic E-state index is 0.286. The van der Waals surface area contributed by atoms with Gasteiger partial charge in [0.2, 0.25) is 0 Å². The van der Waals surface area contributed by atoms with Gasteiger partial charge in [-0.25, -0.2) is 9.78 Å². The van der Waals surface area contributed by atoms with Crippen LogP contribution in [-0.4, -0.2) is 46.3 Å². The summed E-state index contributed by atoms with van der Waals surface area (Å²) in [6, 6.07) is 13.4. The zero-order valence-electron chi connectivity index (χ0n) is 15.0. The number of benzene rings is 1. The largest absolute Gasteiger partial charge is 0.351 e. The van der Waals surface area contributed by atoms with Gasteiger partial charge < -0.3 is 10.6 Å². The van der Waals surface area contributed by atoms with Crippen molar-refractivity contribution in [3.05, 3.63) is 60.3 Å². The Labute approximate surface area is 160 Å². The molecule has 0 aliphatic rings. The summed E-state index contributed by atoms with van der Waals surface area (Å²) < 4.78 is 0. The van der Waals surface area contributed by atoms with E-state index in [1.807, 2.05) is 12.1 Å². The fourth-order valence-corrected chi connectivity index (χ4v) is 2.54. The summed E-state index contributed by atoms with van der Waals surface area (Å²) in [5, 5.41) is 0.628. The maximum absolute atomic E-state index is 12.7. The predicted molar refractivity (Wildman–Crippen MR) is 103 cm³/mol. The number of primary amides is 1. The Kier molecular flexibility index (Phi) is 5.45. The molecule has 0 aliphatic heterocycles. The summed E-state index contributed by atoms with van der Waals surface area (Å²) >= 11 is 0. The van der Waals surface area contributed by atoms with Crippen molar-refractivity contribution in [1.82, 2.24) is 25.7 Å². The lowest BCUT2D eigenvalue weighted by Gasteiger charge is -2.14. The number of pyridine rings is 2. The lowest BCUT2D eigenvalue weighted by molar-refractivity contribution is -0.122. The molecule has 2 heterocycles. The van der Waals surface area contributed by atoms with Crippen LogP contribution in [0, 0.1) is 0 Å². The van der Waals surface area contributed by atoms with E-state index in [0.29, 0.717) is 27.9 Å². The summed E-state index contributed by atoms with van der Waals surface area (Å²) in [6.07, 6.45) is 1.64. The monoisotopic (exact) mass is 378 g/mol. The molecule has 0 saturated carbocycles. The SMILES string of the molecule is CN(CC(=O)NNC(=O)c1cc(-c2ccccn2)nc2ccccc12)C(N)=O. The molecule has 3 rings (SSSR count). The number of rotatable bonds is 4. The molecule has 0 unspecified atom stereocenters. The van der Waals surface area contributed by atoms with Crippen molar-refractivity contribution in [3.63, 3.8) is 0 Å². The molecule has 0 radical (unpaired) electrons. The number of amides is 4. The van der Waals surface area contributed by atoms with Crippen molar-refractivity contribution in [2.24, 2.45) is 5.73 Å². The Morgan fingerprint density at radius 2 is 1.79 bits per heavy atom. The molecule has 0 saturated heterocycles. The van der Waals surface area contributed by atoms with E-state index in [1.165, 1.54) is 7.05 Å². The molecule has 3 aromatic rings. The van der Waals surface area contributed by atoms with Crippen LogP contribution in [0.2, 0.25) is 0 Å². The number of nitrogens with zero attached hydrogens (tertiary/aromatic N) is 3. The van der Waals surface area contributed by atoms with Crippen LogP contribution in [-0.2, 0) is 4.79 Å². The topological polar surface area (TPSA) is 130 Å². The molecule has 0 atom stereocenters. The van der Waals surface area contributed by atoms with E-state index in [9.17, 15) is 14.4 Å². The van der Waals surface area contributed by atoms with Gasteiger partial charge in [0.15, 0.2) is 0 Å². The van der Waals surface area contributed by atoms with E-state index in [-0.39, 0.29) is 6.54 Å². The molecular weight excluding hydrogens is 360 g/mol. The minimum atomic E-state index is -0.749. The summed E-state index contributed by atoms with van der Waals surface area (Å²) in [5.74, 6) is -1.11. The number of carbonyl (C=O) groups is 3. The van der Waals surface area contributed by atoms with Crippen LogP contribution in [0.1, 0.15) is 10.4 Å². The third-order valence-electron chi connectivity index (χ3n) is 3.96. The normalized spacial score (nSPS) is 10.3. The third-order valence-corrected chi connectivity index (χ3v) is 3.96. The highest BCUT2D eigenvalue weighted by Gasteiger charge is 2.16. The first-order chi connectivity index (χ1) is 13.5. The molecule has 4 amide bonds. The van der Waals surface area contributed by atoms with Gasteiger partial charge in [-0.05, 0) is 24.3 Å². The van der Waals surface area contributed by atoms with Crippen molar-refractivity contribution < 1.29 is 14.4 Å². The number of nitrogens with two attached hydrogens (primary N) is 1. The number of nitrogens with one attached hydrogen (secondary N) is 2. The second-order valence-electron chi connectivity index (χ2n) is 5.98. The Balaban J connectivity index is 1.86. The van der Waals surface area contributed by atoms with Crippen molar-refractivity contribution in [2.75, 3.05) is 13.6 Å². The fourth-order valence-electron chi connectivity index (χ4n) is 2.54. The molecule has 2 aromatic heterocycles. The van der Waals surface area contributed by atoms with Crippen LogP contribution < -0.4 is 16.6 Å². The molecular formula is C19H18N6O3. The smallest absolute Gasteiger partial charge is 0.314 e. The predicted octanol–water partition coefficient (Wildman–Crippen LogP) is 1.07. The van der Waals surface area contributed by atoms with Gasteiger partial charge in [0.05, 0.1) is 22.5 Å². The fraction of sp³-hybridized carbons (Fsp3) is 0.105. The zero-order chi connectivity index (χ0) is 20.1. The number of aromatic nitrogens is 2. The van der Waals surface area contributed by atoms with Gasteiger partial charge in [-0.15, -0.1) is 0 Å². The molecule has 28 heavy (non-hydrogen) atoms. The zero-order valence-corrected chi connectivity index (χ0v) is 15.0. The van der Waals surface area contributed by atoms with Crippen LogP contribution in [0.3, 0.4) is 0 Å². The summed E-state index contributed by atoms with van der Waals surface area (Å²) in [4.78, 5) is 45.4. The van der Waals surface area contributed by atoms with Crippen LogP contribution in [0.25, 0.3) is 22.3 Å². The van der Waals surface area contributed by atoms with Crippen LogP contribution in [0.4, 0.5) is 4.79 Å². The van der Waals surface area contributed by atoms with Crippen molar-refractivity contribution >= 4 is 28.7 Å². The van der Waals surface area contributed by atoms with Crippen molar-refractivity contribution in [1.29, 1.82) is 0 Å². The Morgan fingerprint density at radius 3 is 2.50 bits per heavy atom. The van der Waals surface area contributed by atoms with Gasteiger partial charge in [-0.2, -0.15) is 0 Å². The average molecular weight is 378 g/mol. The van der Waals surface area contributed by atoms with Crippen LogP contribution in [0.15, 0.2) is 54.7 Å². The molecule has 0 aliphatic carbocycles. The summed E-state index contributed by atoms with van der Waals surface area (Å²) in [6.45, 7) is -0.286. The third kappa shape index (κ3) is 4.21. The molecule has 0 fully saturated rings. The van der Waals surface area contributed by atoms with Crippen molar-refractivity contribution in [2.45, 2.75) is 0 Å². The quantitative estimate of drug-likeness (QED) is 0.585. The number of hydrazine groups is 1. The lowest BCUT2D eigenvalue weighted by atomic mass is 10.1. The van der Waals surface area contributed by atoms with E-state index in [1.54, 1.807) is 42.6 Å². The number of para-hydroxylation sites is 1. The Hall–Kier alpha value is -4.01. The number of hydrogen-bond acceptors (Lipinski definition) is 5. The molecule has 142 valence electrons. The van der Waals surface area contributed by atoms with E-state index in [0.717, 1.165) is 4.90 Å². The second kappa shape index (κ2) is 8.12. The van der Waals surface area contributed by atoms with E-state index in [2.05, 4.69) is 20.8 Å². The first-order valence-electron chi connectivity index (χ1n) is 8.36. The molecule has 0 spiro atoms. The molecule has 1 aromatic carbocycles. The van der Waals surface area contributed by atoms with Gasteiger partial charge in [-0.1, -0.05) is 24.3 Å². The summed E-state index contributed by atoms with van der Waals surface area (Å²) in [5.41, 5.74) is 11.8. The van der Waals surface area contributed by atoms with Gasteiger partial charge in [-0.3, -0.25) is 25.4 Å². The van der Waals surface area contributed by atoms with Crippen molar-refractivity contribution in [3.8, 4) is 11.4 Å². The molecule has 4 N–H and O–H groups in total. The number of urea groups is 1. The van der Waals surface area contributed by atoms with Crippen LogP contribution >= 0.6 is 0 Å². The molecule has 9 nitrogen and oxygen atoms in total. The van der Waals surface area contributed by atoms with Crippen LogP contribution in [0.5, 0.6) is 0 Å². The standard InChI is InChI=1S/C19H18N6O3/c1-25(19(20)28)11-17(26)23-24-18(27)13-10-16(15-8-4-5-9-21-15)22-14-7-3-2-6-12(13)14/h2-10H,11H2,1H3,(H2,20,28)(H,23,26)(H,24,27). The first-order valence-corrected chi connectivity index (χ1v) is 8.36. The Bertz CT molecular complexity index is 1040. The van der Waals surface area contributed by atoms with Gasteiger partial charge >= 0.3 is 6.03 Å².